The van der Waals surface area contributed by atoms with Crippen LogP contribution in [-0.2, 0) is 0 Å². The third kappa shape index (κ3) is 9.94. The molecule has 34 heavy (non-hydrogen) atoms. The van der Waals surface area contributed by atoms with Crippen LogP contribution in [0.4, 0.5) is 10.1 Å². The molecule has 0 saturated carbocycles. The summed E-state index contributed by atoms with van der Waals surface area (Å²) in [5.74, 6) is -0.626. The van der Waals surface area contributed by atoms with Gasteiger partial charge in [-0.15, -0.1) is 0 Å². The van der Waals surface area contributed by atoms with E-state index in [4.69, 9.17) is 4.74 Å². The second-order valence-electron chi connectivity index (χ2n) is 8.61. The smallest absolute Gasteiger partial charge is 0.255 e. The minimum absolute atomic E-state index is 0.0248. The lowest BCUT2D eigenvalue weighted by molar-refractivity contribution is 0.0951. The fourth-order valence-electron chi connectivity index (χ4n) is 3.57. The van der Waals surface area contributed by atoms with Crippen molar-refractivity contribution in [2.75, 3.05) is 18.5 Å². The first-order valence-corrected chi connectivity index (χ1v) is 12.7. The molecule has 2 aromatic rings. The molecular weight excluding hydrogens is 431 g/mol. The van der Waals surface area contributed by atoms with Crippen LogP contribution in [0.3, 0.4) is 0 Å². The van der Waals surface area contributed by atoms with Crippen molar-refractivity contribution in [3.05, 3.63) is 59.4 Å². The highest BCUT2D eigenvalue weighted by atomic mass is 19.1. The zero-order valence-corrected chi connectivity index (χ0v) is 20.6. The molecule has 0 fully saturated rings. The summed E-state index contributed by atoms with van der Waals surface area (Å²) in [7, 11) is 0. The zero-order chi connectivity index (χ0) is 24.6. The first kappa shape index (κ1) is 27.4. The van der Waals surface area contributed by atoms with E-state index >= 15 is 0 Å². The average molecular weight is 471 g/mol. The van der Waals surface area contributed by atoms with Crippen molar-refractivity contribution in [1.82, 2.24) is 5.32 Å². The van der Waals surface area contributed by atoms with Gasteiger partial charge in [-0.1, -0.05) is 65.2 Å². The lowest BCUT2D eigenvalue weighted by Gasteiger charge is -2.10. The third-order valence-corrected chi connectivity index (χ3v) is 5.68. The number of unbranched alkanes of at least 4 members (excludes halogenated alkanes) is 8. The normalized spacial score (nSPS) is 10.7. The Morgan fingerprint density at radius 3 is 2.06 bits per heavy atom. The molecule has 0 unspecified atom stereocenters. The van der Waals surface area contributed by atoms with Crippen LogP contribution in [0.1, 0.15) is 98.8 Å². The van der Waals surface area contributed by atoms with Gasteiger partial charge in [0.05, 0.1) is 12.3 Å². The molecule has 0 aromatic heterocycles. The fraction of sp³-hybridized carbons (Fsp3) is 0.500. The number of anilines is 1. The highest BCUT2D eigenvalue weighted by Crippen LogP contribution is 2.19. The number of rotatable bonds is 16. The standard InChI is InChI=1S/C28H39FN2O3/c1-3-5-7-8-9-10-11-12-20-34-24-16-13-22(14-17-24)28(33)31-26-21-23(15-18-25(26)29)27(32)30-19-6-4-2/h13-18,21H,3-12,19-20H2,1-2H3,(H,30,32)(H,31,33). The maximum Gasteiger partial charge on any atom is 0.255 e. The molecular formula is C28H39FN2O3. The van der Waals surface area contributed by atoms with E-state index in [1.807, 2.05) is 6.92 Å². The van der Waals surface area contributed by atoms with Crippen molar-refractivity contribution in [1.29, 1.82) is 0 Å². The van der Waals surface area contributed by atoms with Gasteiger partial charge in [-0.05, 0) is 55.3 Å². The Hall–Kier alpha value is -2.89. The van der Waals surface area contributed by atoms with Gasteiger partial charge in [0.25, 0.3) is 11.8 Å². The van der Waals surface area contributed by atoms with Crippen LogP contribution in [0, 0.1) is 5.82 Å². The van der Waals surface area contributed by atoms with Gasteiger partial charge >= 0.3 is 0 Å². The van der Waals surface area contributed by atoms with E-state index < -0.39 is 11.7 Å². The van der Waals surface area contributed by atoms with Crippen LogP contribution in [0.2, 0.25) is 0 Å². The summed E-state index contributed by atoms with van der Waals surface area (Å²) in [6.07, 6.45) is 11.8. The monoisotopic (exact) mass is 470 g/mol. The summed E-state index contributed by atoms with van der Waals surface area (Å²) >= 11 is 0. The molecule has 0 heterocycles. The maximum absolute atomic E-state index is 14.2. The van der Waals surface area contributed by atoms with E-state index in [0.717, 1.165) is 25.7 Å². The van der Waals surface area contributed by atoms with Gasteiger partial charge in [0.1, 0.15) is 11.6 Å². The van der Waals surface area contributed by atoms with Gasteiger partial charge in [-0.2, -0.15) is 0 Å². The Morgan fingerprint density at radius 1 is 0.765 bits per heavy atom. The number of hydrogen-bond acceptors (Lipinski definition) is 3. The molecule has 0 aliphatic heterocycles. The topological polar surface area (TPSA) is 67.4 Å². The molecule has 0 atom stereocenters. The lowest BCUT2D eigenvalue weighted by Crippen LogP contribution is -2.24. The van der Waals surface area contributed by atoms with Crippen LogP contribution >= 0.6 is 0 Å². The number of ether oxygens (including phenoxy) is 1. The van der Waals surface area contributed by atoms with Gasteiger partial charge in [0.15, 0.2) is 0 Å². The number of amides is 2. The summed E-state index contributed by atoms with van der Waals surface area (Å²) in [5, 5.41) is 5.35. The summed E-state index contributed by atoms with van der Waals surface area (Å²) < 4.78 is 20.0. The quantitative estimate of drug-likeness (QED) is 0.257. The summed E-state index contributed by atoms with van der Waals surface area (Å²) in [6.45, 7) is 5.47. The van der Waals surface area contributed by atoms with Gasteiger partial charge < -0.3 is 15.4 Å². The van der Waals surface area contributed by atoms with Gasteiger partial charge in [0, 0.05) is 17.7 Å². The number of carbonyl (C=O) groups is 2. The molecule has 2 N–H and O–H groups in total. The third-order valence-electron chi connectivity index (χ3n) is 5.68. The minimum Gasteiger partial charge on any atom is -0.494 e. The van der Waals surface area contributed by atoms with Gasteiger partial charge in [-0.25, -0.2) is 4.39 Å². The van der Waals surface area contributed by atoms with Crippen molar-refractivity contribution in [3.63, 3.8) is 0 Å². The molecule has 6 heteroatoms. The summed E-state index contributed by atoms with van der Waals surface area (Å²) in [6, 6.07) is 10.7. The molecule has 0 saturated heterocycles. The van der Waals surface area contributed by atoms with Crippen LogP contribution in [0.25, 0.3) is 0 Å². The van der Waals surface area contributed by atoms with E-state index in [1.54, 1.807) is 24.3 Å². The number of nitrogens with one attached hydrogen (secondary N) is 2. The molecule has 0 bridgehead atoms. The molecule has 2 rings (SSSR count). The van der Waals surface area contributed by atoms with E-state index in [9.17, 15) is 14.0 Å². The molecule has 2 aromatic carbocycles. The van der Waals surface area contributed by atoms with Crippen LogP contribution < -0.4 is 15.4 Å². The minimum atomic E-state index is -0.594. The molecule has 186 valence electrons. The van der Waals surface area contributed by atoms with E-state index in [2.05, 4.69) is 17.6 Å². The largest absolute Gasteiger partial charge is 0.494 e. The molecule has 0 spiro atoms. The predicted molar refractivity (Wildman–Crippen MR) is 136 cm³/mol. The van der Waals surface area contributed by atoms with Crippen molar-refractivity contribution in [2.45, 2.75) is 78.1 Å². The maximum atomic E-state index is 14.2. The molecule has 0 aliphatic rings. The number of benzene rings is 2. The highest BCUT2D eigenvalue weighted by molar-refractivity contribution is 6.05. The molecule has 5 nitrogen and oxygen atoms in total. The van der Waals surface area contributed by atoms with Crippen molar-refractivity contribution in [2.24, 2.45) is 0 Å². The van der Waals surface area contributed by atoms with Gasteiger partial charge in [0.2, 0.25) is 0 Å². The second kappa shape index (κ2) is 15.9. The first-order valence-electron chi connectivity index (χ1n) is 12.7. The van der Waals surface area contributed by atoms with E-state index in [-0.39, 0.29) is 11.6 Å². The van der Waals surface area contributed by atoms with Crippen LogP contribution in [0.15, 0.2) is 42.5 Å². The molecule has 2 amide bonds. The molecule has 0 radical (unpaired) electrons. The first-order chi connectivity index (χ1) is 16.5. The Kier molecular flexibility index (Phi) is 12.8. The van der Waals surface area contributed by atoms with E-state index in [1.165, 1.54) is 56.7 Å². The Balaban J connectivity index is 1.79. The molecule has 0 aliphatic carbocycles. The second-order valence-corrected chi connectivity index (χ2v) is 8.61. The van der Waals surface area contributed by atoms with Crippen molar-refractivity contribution < 1.29 is 18.7 Å². The Labute approximate surface area is 203 Å². The van der Waals surface area contributed by atoms with Crippen molar-refractivity contribution in [3.8, 4) is 5.75 Å². The van der Waals surface area contributed by atoms with Crippen molar-refractivity contribution >= 4 is 17.5 Å². The summed E-state index contributed by atoms with van der Waals surface area (Å²) in [5.41, 5.74) is 0.664. The highest BCUT2D eigenvalue weighted by Gasteiger charge is 2.13. The lowest BCUT2D eigenvalue weighted by atomic mass is 10.1. The number of hydrogen-bond donors (Lipinski definition) is 2. The van der Waals surface area contributed by atoms with Crippen LogP contribution in [0.5, 0.6) is 5.75 Å². The fourth-order valence-corrected chi connectivity index (χ4v) is 3.57. The average Bonchev–Trinajstić information content (AvgIpc) is 2.84. The number of halogens is 1. The Bertz CT molecular complexity index is 884. The van der Waals surface area contributed by atoms with E-state index in [0.29, 0.717) is 30.0 Å². The zero-order valence-electron chi connectivity index (χ0n) is 20.6. The SMILES string of the molecule is CCCCCCCCCCOc1ccc(C(=O)Nc2cc(C(=O)NCCCC)ccc2F)cc1. The van der Waals surface area contributed by atoms with Crippen LogP contribution in [-0.4, -0.2) is 25.0 Å². The van der Waals surface area contributed by atoms with Gasteiger partial charge in [-0.3, -0.25) is 9.59 Å². The summed E-state index contributed by atoms with van der Waals surface area (Å²) in [4.78, 5) is 24.8. The Morgan fingerprint density at radius 2 is 1.38 bits per heavy atom. The predicted octanol–water partition coefficient (Wildman–Crippen LogP) is 7.13. The number of carbonyl (C=O) groups excluding carboxylic acids is 2.